The van der Waals surface area contributed by atoms with Crippen molar-refractivity contribution in [2.45, 2.75) is 13.8 Å². The van der Waals surface area contributed by atoms with Gasteiger partial charge in [0.2, 0.25) is 0 Å². The molecule has 0 saturated heterocycles. The third-order valence-corrected chi connectivity index (χ3v) is 3.88. The van der Waals surface area contributed by atoms with Gasteiger partial charge in [-0.05, 0) is 41.9 Å². The van der Waals surface area contributed by atoms with E-state index in [1.807, 2.05) is 26.0 Å². The molecule has 3 aromatic rings. The highest BCUT2D eigenvalue weighted by Gasteiger charge is 2.11. The van der Waals surface area contributed by atoms with Gasteiger partial charge < -0.3 is 0 Å². The average molecular weight is 304 g/mol. The van der Waals surface area contributed by atoms with Crippen LogP contribution in [0.4, 0.5) is 0 Å². The lowest BCUT2D eigenvalue weighted by molar-refractivity contribution is 0.808. The molecule has 0 amide bonds. The number of fused-ring (bicyclic) bond motifs is 1. The first-order chi connectivity index (χ1) is 8.66. The summed E-state index contributed by atoms with van der Waals surface area (Å²) in [7, 11) is 0. The van der Waals surface area contributed by atoms with Crippen LogP contribution >= 0.6 is 15.9 Å². The molecule has 0 bridgehead atoms. The van der Waals surface area contributed by atoms with Crippen LogP contribution in [0.5, 0.6) is 0 Å². The highest BCUT2D eigenvalue weighted by molar-refractivity contribution is 9.10. The third kappa shape index (κ3) is 1.69. The molecule has 0 spiro atoms. The number of rotatable bonds is 1. The van der Waals surface area contributed by atoms with E-state index in [0.29, 0.717) is 5.65 Å². The molecule has 0 aliphatic carbocycles. The quantitative estimate of drug-likeness (QED) is 0.693. The molecule has 5 nitrogen and oxygen atoms in total. The van der Waals surface area contributed by atoms with Crippen LogP contribution in [-0.2, 0) is 0 Å². The van der Waals surface area contributed by atoms with Crippen molar-refractivity contribution in [3.8, 4) is 5.82 Å². The minimum atomic E-state index is 0.624. The monoisotopic (exact) mass is 303 g/mol. The molecule has 0 unspecified atom stereocenters. The van der Waals surface area contributed by atoms with E-state index < -0.39 is 0 Å². The maximum Gasteiger partial charge on any atom is 0.180 e. The van der Waals surface area contributed by atoms with Gasteiger partial charge in [0.15, 0.2) is 11.5 Å². The van der Waals surface area contributed by atoms with Gasteiger partial charge in [-0.25, -0.2) is 14.6 Å². The van der Waals surface area contributed by atoms with E-state index in [1.54, 1.807) is 17.1 Å². The molecule has 0 atom stereocenters. The van der Waals surface area contributed by atoms with Crippen LogP contribution in [0.3, 0.4) is 0 Å². The van der Waals surface area contributed by atoms with E-state index in [2.05, 4.69) is 36.0 Å². The second-order valence-corrected chi connectivity index (χ2v) is 4.76. The van der Waals surface area contributed by atoms with Crippen LogP contribution in [-0.4, -0.2) is 24.7 Å². The Kier molecular flexibility index (Phi) is 2.59. The SMILES string of the molecule is Cc1nn(-c2ccc3nccnc3n2)c(C)c1Br. The predicted octanol–water partition coefficient (Wildman–Crippen LogP) is 2.59. The minimum Gasteiger partial charge on any atom is -0.251 e. The van der Waals surface area contributed by atoms with Crippen molar-refractivity contribution >= 4 is 27.1 Å². The van der Waals surface area contributed by atoms with Crippen molar-refractivity contribution in [2.24, 2.45) is 0 Å². The fourth-order valence-electron chi connectivity index (χ4n) is 1.81. The van der Waals surface area contributed by atoms with E-state index in [1.165, 1.54) is 0 Å². The van der Waals surface area contributed by atoms with Crippen molar-refractivity contribution in [2.75, 3.05) is 0 Å². The van der Waals surface area contributed by atoms with Crippen LogP contribution in [0.25, 0.3) is 17.0 Å². The molecule has 0 N–H and O–H groups in total. The first-order valence-electron chi connectivity index (χ1n) is 5.46. The lowest BCUT2D eigenvalue weighted by Crippen LogP contribution is -2.02. The normalized spacial score (nSPS) is 11.1. The van der Waals surface area contributed by atoms with Gasteiger partial charge in [0.05, 0.1) is 15.9 Å². The van der Waals surface area contributed by atoms with Crippen LogP contribution in [0, 0.1) is 13.8 Å². The van der Waals surface area contributed by atoms with E-state index in [9.17, 15) is 0 Å². The summed E-state index contributed by atoms with van der Waals surface area (Å²) in [5.41, 5.74) is 3.36. The maximum atomic E-state index is 4.47. The second kappa shape index (κ2) is 4.13. The molecule has 0 aliphatic rings. The smallest absolute Gasteiger partial charge is 0.180 e. The number of pyridine rings is 1. The first-order valence-corrected chi connectivity index (χ1v) is 6.26. The third-order valence-electron chi connectivity index (χ3n) is 2.74. The highest BCUT2D eigenvalue weighted by atomic mass is 79.9. The molecule has 3 heterocycles. The Bertz CT molecular complexity index is 734. The number of halogens is 1. The molecule has 3 rings (SSSR count). The van der Waals surface area contributed by atoms with Crippen LogP contribution in [0.2, 0.25) is 0 Å². The molecular formula is C12H10BrN5. The van der Waals surface area contributed by atoms with Gasteiger partial charge in [0, 0.05) is 12.4 Å². The standard InChI is InChI=1S/C12H10BrN5/c1-7-11(13)8(2)18(17-7)10-4-3-9-12(16-10)15-6-5-14-9/h3-6H,1-2H3. The maximum absolute atomic E-state index is 4.47. The molecule has 0 saturated carbocycles. The number of aryl methyl sites for hydroxylation is 1. The average Bonchev–Trinajstić information content (AvgIpc) is 2.66. The van der Waals surface area contributed by atoms with Gasteiger partial charge in [-0.3, -0.25) is 4.98 Å². The second-order valence-electron chi connectivity index (χ2n) is 3.97. The van der Waals surface area contributed by atoms with Gasteiger partial charge in [0.1, 0.15) is 5.52 Å². The molecular weight excluding hydrogens is 294 g/mol. The lowest BCUT2D eigenvalue weighted by atomic mass is 10.4. The van der Waals surface area contributed by atoms with Crippen molar-refractivity contribution in [1.82, 2.24) is 24.7 Å². The number of hydrogen-bond acceptors (Lipinski definition) is 4. The summed E-state index contributed by atoms with van der Waals surface area (Å²) in [5, 5.41) is 4.45. The molecule has 18 heavy (non-hydrogen) atoms. The van der Waals surface area contributed by atoms with Crippen molar-refractivity contribution in [3.05, 3.63) is 40.4 Å². The van der Waals surface area contributed by atoms with Crippen molar-refractivity contribution in [3.63, 3.8) is 0 Å². The Morgan fingerprint density at radius 3 is 2.61 bits per heavy atom. The lowest BCUT2D eigenvalue weighted by Gasteiger charge is -2.03. The Balaban J connectivity index is 2.22. The van der Waals surface area contributed by atoms with E-state index in [-0.39, 0.29) is 0 Å². The molecule has 3 aromatic heterocycles. The molecule has 0 aromatic carbocycles. The van der Waals surface area contributed by atoms with Gasteiger partial charge in [-0.2, -0.15) is 5.10 Å². The Labute approximate surface area is 112 Å². The van der Waals surface area contributed by atoms with Crippen molar-refractivity contribution in [1.29, 1.82) is 0 Å². The highest BCUT2D eigenvalue weighted by Crippen LogP contribution is 2.22. The van der Waals surface area contributed by atoms with E-state index >= 15 is 0 Å². The molecule has 0 aliphatic heterocycles. The fourth-order valence-corrected chi connectivity index (χ4v) is 2.06. The number of aromatic nitrogens is 5. The summed E-state index contributed by atoms with van der Waals surface area (Å²) in [6.45, 7) is 3.95. The van der Waals surface area contributed by atoms with Crippen LogP contribution in [0.1, 0.15) is 11.4 Å². The Morgan fingerprint density at radius 2 is 1.89 bits per heavy atom. The van der Waals surface area contributed by atoms with E-state index in [4.69, 9.17) is 0 Å². The van der Waals surface area contributed by atoms with Gasteiger partial charge in [0.25, 0.3) is 0 Å². The first kappa shape index (κ1) is 11.3. The Morgan fingerprint density at radius 1 is 1.11 bits per heavy atom. The zero-order chi connectivity index (χ0) is 12.7. The zero-order valence-electron chi connectivity index (χ0n) is 9.92. The number of hydrogen-bond donors (Lipinski definition) is 0. The van der Waals surface area contributed by atoms with Crippen LogP contribution in [0.15, 0.2) is 29.0 Å². The molecule has 90 valence electrons. The zero-order valence-corrected chi connectivity index (χ0v) is 11.5. The topological polar surface area (TPSA) is 56.5 Å². The number of nitrogens with zero attached hydrogens (tertiary/aromatic N) is 5. The minimum absolute atomic E-state index is 0.624. The summed E-state index contributed by atoms with van der Waals surface area (Å²) in [5.74, 6) is 0.745. The summed E-state index contributed by atoms with van der Waals surface area (Å²) in [6, 6.07) is 3.79. The molecule has 0 radical (unpaired) electrons. The fraction of sp³-hybridized carbons (Fsp3) is 0.167. The van der Waals surface area contributed by atoms with Crippen LogP contribution < -0.4 is 0 Å². The van der Waals surface area contributed by atoms with Crippen molar-refractivity contribution < 1.29 is 0 Å². The summed E-state index contributed by atoms with van der Waals surface area (Å²) in [4.78, 5) is 12.9. The largest absolute Gasteiger partial charge is 0.251 e. The van der Waals surface area contributed by atoms with Gasteiger partial charge in [-0.1, -0.05) is 0 Å². The summed E-state index contributed by atoms with van der Waals surface area (Å²) < 4.78 is 2.80. The Hall–Kier alpha value is -1.82. The van der Waals surface area contributed by atoms with E-state index in [0.717, 1.165) is 27.2 Å². The summed E-state index contributed by atoms with van der Waals surface area (Å²) in [6.07, 6.45) is 3.29. The molecule has 0 fully saturated rings. The summed E-state index contributed by atoms with van der Waals surface area (Å²) >= 11 is 3.51. The predicted molar refractivity (Wildman–Crippen MR) is 71.6 cm³/mol. The molecule has 6 heteroatoms. The van der Waals surface area contributed by atoms with Gasteiger partial charge in [-0.15, -0.1) is 0 Å². The van der Waals surface area contributed by atoms with Gasteiger partial charge >= 0.3 is 0 Å².